The van der Waals surface area contributed by atoms with E-state index < -0.39 is 16.8 Å². The van der Waals surface area contributed by atoms with E-state index in [0.29, 0.717) is 6.42 Å². The van der Waals surface area contributed by atoms with Gasteiger partial charge in [-0.2, -0.15) is 0 Å². The molecular formula is C13H14N2O4. The zero-order chi connectivity index (χ0) is 13.6. The van der Waals surface area contributed by atoms with E-state index in [0.717, 1.165) is 30.6 Å². The van der Waals surface area contributed by atoms with Crippen molar-refractivity contribution >= 4 is 17.3 Å². The number of aliphatic carboxylic acids is 1. The maximum atomic E-state index is 11.4. The van der Waals surface area contributed by atoms with E-state index >= 15 is 0 Å². The molecule has 1 aromatic rings. The fraction of sp³-hybridized carbons (Fsp3) is 0.462. The van der Waals surface area contributed by atoms with Gasteiger partial charge in [-0.25, -0.2) is 0 Å². The van der Waals surface area contributed by atoms with Crippen LogP contribution in [-0.4, -0.2) is 28.6 Å². The van der Waals surface area contributed by atoms with E-state index in [9.17, 15) is 20.0 Å². The number of hydrogen-bond acceptors (Lipinski definition) is 4. The quantitative estimate of drug-likeness (QED) is 0.649. The minimum atomic E-state index is -0.811. The van der Waals surface area contributed by atoms with Crippen LogP contribution in [0, 0.1) is 16.0 Å². The molecule has 1 N–H and O–H groups in total. The van der Waals surface area contributed by atoms with Crippen LogP contribution in [0.25, 0.3) is 0 Å². The average molecular weight is 262 g/mol. The van der Waals surface area contributed by atoms with Crippen LogP contribution in [0.4, 0.5) is 11.4 Å². The monoisotopic (exact) mass is 262 g/mol. The van der Waals surface area contributed by atoms with Crippen LogP contribution >= 0.6 is 0 Å². The lowest BCUT2D eigenvalue weighted by Gasteiger charge is -2.37. The summed E-state index contributed by atoms with van der Waals surface area (Å²) in [5.41, 5.74) is 1.77. The molecule has 0 unspecified atom stereocenters. The Morgan fingerprint density at radius 3 is 2.95 bits per heavy atom. The van der Waals surface area contributed by atoms with Crippen molar-refractivity contribution in [1.29, 1.82) is 0 Å². The fourth-order valence-corrected chi connectivity index (χ4v) is 3.26. The number of benzene rings is 1. The van der Waals surface area contributed by atoms with Gasteiger partial charge in [0.1, 0.15) is 0 Å². The van der Waals surface area contributed by atoms with Gasteiger partial charge in [0.25, 0.3) is 5.69 Å². The molecule has 1 saturated heterocycles. The average Bonchev–Trinajstić information content (AvgIpc) is 2.85. The number of fused-ring (bicyclic) bond motifs is 3. The first kappa shape index (κ1) is 12.0. The van der Waals surface area contributed by atoms with Crippen molar-refractivity contribution in [2.75, 3.05) is 11.4 Å². The molecule has 0 amide bonds. The number of non-ortho nitro benzene ring substituents is 1. The number of anilines is 1. The number of carboxylic acids is 1. The molecule has 3 rings (SSSR count). The molecule has 2 aliphatic heterocycles. The van der Waals surface area contributed by atoms with Gasteiger partial charge in [-0.15, -0.1) is 0 Å². The predicted octanol–water partition coefficient (Wildman–Crippen LogP) is 1.82. The van der Waals surface area contributed by atoms with Crippen molar-refractivity contribution in [2.45, 2.75) is 25.3 Å². The largest absolute Gasteiger partial charge is 0.481 e. The van der Waals surface area contributed by atoms with Gasteiger partial charge >= 0.3 is 5.97 Å². The summed E-state index contributed by atoms with van der Waals surface area (Å²) in [7, 11) is 0. The molecule has 0 aliphatic carbocycles. The summed E-state index contributed by atoms with van der Waals surface area (Å²) < 4.78 is 0. The highest BCUT2D eigenvalue weighted by Gasteiger charge is 2.41. The lowest BCUT2D eigenvalue weighted by molar-refractivity contribution is -0.384. The Labute approximate surface area is 109 Å². The standard InChI is InChI=1S/C13H14N2O4/c16-13(17)10-7-8-6-9(15(18)19)3-4-11(8)14-5-1-2-12(10)14/h3-4,6,10,12H,1-2,5,7H2,(H,16,17)/t10-,12-/m0/s1. The van der Waals surface area contributed by atoms with E-state index in [-0.39, 0.29) is 11.7 Å². The van der Waals surface area contributed by atoms with Crippen molar-refractivity contribution < 1.29 is 14.8 Å². The maximum Gasteiger partial charge on any atom is 0.308 e. The van der Waals surface area contributed by atoms with E-state index in [1.54, 1.807) is 6.07 Å². The van der Waals surface area contributed by atoms with Gasteiger partial charge in [0.05, 0.1) is 10.8 Å². The number of hydrogen-bond donors (Lipinski definition) is 1. The molecule has 2 heterocycles. The van der Waals surface area contributed by atoms with Gasteiger partial charge in [0, 0.05) is 30.4 Å². The first-order valence-electron chi connectivity index (χ1n) is 6.34. The molecule has 1 aromatic carbocycles. The SMILES string of the molecule is O=C(O)[C@H]1Cc2cc([N+](=O)[O-])ccc2N2CCC[C@@H]12. The first-order chi connectivity index (χ1) is 9.08. The van der Waals surface area contributed by atoms with Gasteiger partial charge in [0.15, 0.2) is 0 Å². The lowest BCUT2D eigenvalue weighted by atomic mass is 9.85. The third kappa shape index (κ3) is 1.83. The van der Waals surface area contributed by atoms with Crippen LogP contribution in [0.15, 0.2) is 18.2 Å². The van der Waals surface area contributed by atoms with Crippen LogP contribution in [-0.2, 0) is 11.2 Å². The molecule has 0 radical (unpaired) electrons. The van der Waals surface area contributed by atoms with Crippen LogP contribution < -0.4 is 4.90 Å². The number of carboxylic acid groups (broad SMARTS) is 1. The highest BCUT2D eigenvalue weighted by molar-refractivity contribution is 5.75. The molecule has 2 atom stereocenters. The second-order valence-corrected chi connectivity index (χ2v) is 5.12. The molecule has 0 bridgehead atoms. The second-order valence-electron chi connectivity index (χ2n) is 5.12. The molecule has 0 saturated carbocycles. The maximum absolute atomic E-state index is 11.4. The highest BCUT2D eigenvalue weighted by atomic mass is 16.6. The predicted molar refractivity (Wildman–Crippen MR) is 68.3 cm³/mol. The molecule has 19 heavy (non-hydrogen) atoms. The summed E-state index contributed by atoms with van der Waals surface area (Å²) in [6, 6.07) is 4.80. The van der Waals surface area contributed by atoms with Crippen molar-refractivity contribution in [1.82, 2.24) is 0 Å². The van der Waals surface area contributed by atoms with E-state index in [2.05, 4.69) is 4.90 Å². The molecule has 1 fully saturated rings. The first-order valence-corrected chi connectivity index (χ1v) is 6.34. The Bertz CT molecular complexity index is 558. The Kier molecular flexibility index (Phi) is 2.66. The lowest BCUT2D eigenvalue weighted by Crippen LogP contribution is -2.44. The van der Waals surface area contributed by atoms with E-state index in [4.69, 9.17) is 0 Å². The topological polar surface area (TPSA) is 83.7 Å². The van der Waals surface area contributed by atoms with Crippen molar-refractivity contribution in [3.05, 3.63) is 33.9 Å². The summed E-state index contributed by atoms with van der Waals surface area (Å²) in [5.74, 6) is -1.27. The number of nitro groups is 1. The zero-order valence-corrected chi connectivity index (χ0v) is 10.3. The molecule has 6 heteroatoms. The summed E-state index contributed by atoms with van der Waals surface area (Å²) in [4.78, 5) is 23.8. The van der Waals surface area contributed by atoms with Gasteiger partial charge in [-0.3, -0.25) is 14.9 Å². The third-order valence-corrected chi connectivity index (χ3v) is 4.10. The van der Waals surface area contributed by atoms with Crippen molar-refractivity contribution in [3.63, 3.8) is 0 Å². The number of nitrogens with zero attached hydrogens (tertiary/aromatic N) is 2. The Balaban J connectivity index is 2.05. The number of rotatable bonds is 2. The number of carbonyl (C=O) groups is 1. The van der Waals surface area contributed by atoms with Gasteiger partial charge < -0.3 is 10.0 Å². The normalized spacial score (nSPS) is 24.7. The van der Waals surface area contributed by atoms with Crippen LogP contribution in [0.5, 0.6) is 0 Å². The minimum Gasteiger partial charge on any atom is -0.481 e. The molecule has 6 nitrogen and oxygen atoms in total. The molecule has 0 aromatic heterocycles. The summed E-state index contributed by atoms with van der Waals surface area (Å²) in [6.07, 6.45) is 2.24. The van der Waals surface area contributed by atoms with Gasteiger partial charge in [0.2, 0.25) is 0 Å². The van der Waals surface area contributed by atoms with Crippen LogP contribution in [0.3, 0.4) is 0 Å². The summed E-state index contributed by atoms with van der Waals surface area (Å²) in [6.45, 7) is 0.833. The van der Waals surface area contributed by atoms with Crippen LogP contribution in [0.2, 0.25) is 0 Å². The summed E-state index contributed by atoms with van der Waals surface area (Å²) >= 11 is 0. The van der Waals surface area contributed by atoms with Gasteiger partial charge in [-0.05, 0) is 30.9 Å². The molecule has 0 spiro atoms. The van der Waals surface area contributed by atoms with Crippen molar-refractivity contribution in [3.8, 4) is 0 Å². The Morgan fingerprint density at radius 1 is 1.47 bits per heavy atom. The fourth-order valence-electron chi connectivity index (χ4n) is 3.26. The van der Waals surface area contributed by atoms with Crippen LogP contribution in [0.1, 0.15) is 18.4 Å². The molecule has 2 aliphatic rings. The third-order valence-electron chi connectivity index (χ3n) is 4.10. The Morgan fingerprint density at radius 2 is 2.26 bits per heavy atom. The molecule has 100 valence electrons. The summed E-state index contributed by atoms with van der Waals surface area (Å²) in [5, 5.41) is 20.1. The second kappa shape index (κ2) is 4.22. The minimum absolute atomic E-state index is 0.0283. The van der Waals surface area contributed by atoms with E-state index in [1.165, 1.54) is 12.1 Å². The molecular weight excluding hydrogens is 248 g/mol. The Hall–Kier alpha value is -2.11. The van der Waals surface area contributed by atoms with Crippen molar-refractivity contribution in [2.24, 2.45) is 5.92 Å². The highest BCUT2D eigenvalue weighted by Crippen LogP contribution is 2.40. The van der Waals surface area contributed by atoms with E-state index in [1.807, 2.05) is 0 Å². The van der Waals surface area contributed by atoms with Gasteiger partial charge in [-0.1, -0.05) is 0 Å². The zero-order valence-electron chi connectivity index (χ0n) is 10.3. The smallest absolute Gasteiger partial charge is 0.308 e. The number of nitro benzene ring substituents is 1.